The van der Waals surface area contributed by atoms with E-state index in [-0.39, 0.29) is 6.10 Å². The van der Waals surface area contributed by atoms with Crippen molar-refractivity contribution in [2.24, 2.45) is 5.92 Å². The summed E-state index contributed by atoms with van der Waals surface area (Å²) in [6.45, 7) is 4.61. The standard InChI is InChI=1S/C13H17Cl2NO/c1-9(17)10-5-6-16(7-10)8-11-3-2-4-12(14)13(11)15/h2-4,9-10,17H,5-8H2,1H3. The molecule has 1 saturated heterocycles. The molecular formula is C13H17Cl2NO. The second-order valence-electron chi connectivity index (χ2n) is 4.74. The number of hydrogen-bond acceptors (Lipinski definition) is 2. The third-order valence-corrected chi connectivity index (χ3v) is 4.27. The van der Waals surface area contributed by atoms with Gasteiger partial charge in [-0.25, -0.2) is 0 Å². The quantitative estimate of drug-likeness (QED) is 0.915. The fourth-order valence-electron chi connectivity index (χ4n) is 2.31. The van der Waals surface area contributed by atoms with Gasteiger partial charge >= 0.3 is 0 Å². The molecule has 1 N–H and O–H groups in total. The van der Waals surface area contributed by atoms with Crippen molar-refractivity contribution in [3.63, 3.8) is 0 Å². The third-order valence-electron chi connectivity index (χ3n) is 3.42. The van der Waals surface area contributed by atoms with Gasteiger partial charge in [0.2, 0.25) is 0 Å². The van der Waals surface area contributed by atoms with Crippen molar-refractivity contribution < 1.29 is 5.11 Å². The highest BCUT2D eigenvalue weighted by atomic mass is 35.5. The van der Waals surface area contributed by atoms with Gasteiger partial charge in [-0.15, -0.1) is 0 Å². The van der Waals surface area contributed by atoms with Crippen molar-refractivity contribution in [3.8, 4) is 0 Å². The van der Waals surface area contributed by atoms with E-state index in [2.05, 4.69) is 4.90 Å². The lowest BCUT2D eigenvalue weighted by atomic mass is 10.0. The van der Waals surface area contributed by atoms with Crippen LogP contribution < -0.4 is 0 Å². The van der Waals surface area contributed by atoms with Gasteiger partial charge in [0, 0.05) is 13.1 Å². The van der Waals surface area contributed by atoms with E-state index in [1.807, 2.05) is 19.1 Å². The Bertz CT molecular complexity index is 395. The first-order chi connectivity index (χ1) is 8.08. The van der Waals surface area contributed by atoms with E-state index in [0.29, 0.717) is 16.0 Å². The molecular weight excluding hydrogens is 257 g/mol. The topological polar surface area (TPSA) is 23.5 Å². The minimum absolute atomic E-state index is 0.227. The molecule has 2 atom stereocenters. The molecule has 0 bridgehead atoms. The molecule has 94 valence electrons. The molecule has 2 unspecified atom stereocenters. The second kappa shape index (κ2) is 5.57. The Labute approximate surface area is 112 Å². The zero-order valence-corrected chi connectivity index (χ0v) is 11.4. The van der Waals surface area contributed by atoms with Gasteiger partial charge in [0.15, 0.2) is 0 Å². The summed E-state index contributed by atoms with van der Waals surface area (Å²) in [7, 11) is 0. The molecule has 0 aliphatic carbocycles. The summed E-state index contributed by atoms with van der Waals surface area (Å²) in [5.74, 6) is 0.382. The SMILES string of the molecule is CC(O)C1CCN(Cc2cccc(Cl)c2Cl)C1. The van der Waals surface area contributed by atoms with Crippen molar-refractivity contribution in [1.29, 1.82) is 0 Å². The molecule has 2 rings (SSSR count). The van der Waals surface area contributed by atoms with Gasteiger partial charge in [-0.05, 0) is 37.4 Å². The Hall–Kier alpha value is -0.280. The van der Waals surface area contributed by atoms with E-state index in [9.17, 15) is 5.11 Å². The third kappa shape index (κ3) is 3.14. The van der Waals surface area contributed by atoms with Crippen LogP contribution in [0.2, 0.25) is 10.0 Å². The maximum Gasteiger partial charge on any atom is 0.0637 e. The van der Waals surface area contributed by atoms with Crippen LogP contribution in [-0.2, 0) is 6.54 Å². The molecule has 1 aliphatic heterocycles. The molecule has 1 heterocycles. The van der Waals surface area contributed by atoms with E-state index in [0.717, 1.165) is 31.6 Å². The van der Waals surface area contributed by atoms with Crippen LogP contribution in [0.15, 0.2) is 18.2 Å². The van der Waals surface area contributed by atoms with Gasteiger partial charge in [0.1, 0.15) is 0 Å². The Kier molecular flexibility index (Phi) is 4.31. The molecule has 0 saturated carbocycles. The van der Waals surface area contributed by atoms with Crippen molar-refractivity contribution in [2.45, 2.75) is 26.0 Å². The molecule has 1 aromatic carbocycles. The first kappa shape index (κ1) is 13.2. The van der Waals surface area contributed by atoms with Crippen molar-refractivity contribution in [1.82, 2.24) is 4.90 Å². The Morgan fingerprint density at radius 3 is 2.88 bits per heavy atom. The lowest BCUT2D eigenvalue weighted by Crippen LogP contribution is -2.24. The van der Waals surface area contributed by atoms with Gasteiger partial charge in [0.25, 0.3) is 0 Å². The maximum atomic E-state index is 9.56. The number of hydrogen-bond donors (Lipinski definition) is 1. The molecule has 1 fully saturated rings. The molecule has 0 spiro atoms. The predicted molar refractivity (Wildman–Crippen MR) is 71.5 cm³/mol. The van der Waals surface area contributed by atoms with Crippen molar-refractivity contribution in [3.05, 3.63) is 33.8 Å². The zero-order chi connectivity index (χ0) is 12.4. The van der Waals surface area contributed by atoms with Crippen LogP contribution in [0.25, 0.3) is 0 Å². The Morgan fingerprint density at radius 1 is 1.47 bits per heavy atom. The minimum Gasteiger partial charge on any atom is -0.393 e. The lowest BCUT2D eigenvalue weighted by molar-refractivity contribution is 0.127. The summed E-state index contributed by atoms with van der Waals surface area (Å²) in [4.78, 5) is 2.31. The van der Waals surface area contributed by atoms with Gasteiger partial charge in [-0.3, -0.25) is 4.90 Å². The molecule has 1 aromatic rings. The number of likely N-dealkylation sites (tertiary alicyclic amines) is 1. The lowest BCUT2D eigenvalue weighted by Gasteiger charge is -2.18. The molecule has 17 heavy (non-hydrogen) atoms. The van der Waals surface area contributed by atoms with Gasteiger partial charge < -0.3 is 5.11 Å². The summed E-state index contributed by atoms with van der Waals surface area (Å²) in [5.41, 5.74) is 1.06. The molecule has 2 nitrogen and oxygen atoms in total. The van der Waals surface area contributed by atoms with Crippen LogP contribution >= 0.6 is 23.2 Å². The van der Waals surface area contributed by atoms with Crippen molar-refractivity contribution >= 4 is 23.2 Å². The normalized spacial score (nSPS) is 22.9. The summed E-state index contributed by atoms with van der Waals surface area (Å²) in [6.07, 6.45) is 0.824. The van der Waals surface area contributed by atoms with E-state index in [1.54, 1.807) is 6.07 Å². The number of aliphatic hydroxyl groups is 1. The predicted octanol–water partition coefficient (Wildman–Crippen LogP) is 3.20. The number of aliphatic hydroxyl groups excluding tert-OH is 1. The minimum atomic E-state index is -0.227. The number of benzene rings is 1. The van der Waals surface area contributed by atoms with Crippen LogP contribution in [0.5, 0.6) is 0 Å². The average Bonchev–Trinajstić information content (AvgIpc) is 2.73. The maximum absolute atomic E-state index is 9.56. The Balaban J connectivity index is 2.00. The van der Waals surface area contributed by atoms with Crippen LogP contribution in [0, 0.1) is 5.92 Å². The first-order valence-electron chi connectivity index (χ1n) is 5.91. The molecule has 0 radical (unpaired) electrons. The van der Waals surface area contributed by atoms with Gasteiger partial charge in [-0.2, -0.15) is 0 Å². The fourth-order valence-corrected chi connectivity index (χ4v) is 2.69. The molecule has 1 aliphatic rings. The highest BCUT2D eigenvalue weighted by molar-refractivity contribution is 6.42. The Morgan fingerprint density at radius 2 is 2.24 bits per heavy atom. The highest BCUT2D eigenvalue weighted by Crippen LogP contribution is 2.28. The van der Waals surface area contributed by atoms with Gasteiger partial charge in [0.05, 0.1) is 16.1 Å². The van der Waals surface area contributed by atoms with Gasteiger partial charge in [-0.1, -0.05) is 35.3 Å². The monoisotopic (exact) mass is 273 g/mol. The smallest absolute Gasteiger partial charge is 0.0637 e. The zero-order valence-electron chi connectivity index (χ0n) is 9.87. The van der Waals surface area contributed by atoms with Crippen LogP contribution in [0.3, 0.4) is 0 Å². The highest BCUT2D eigenvalue weighted by Gasteiger charge is 2.26. The molecule has 4 heteroatoms. The summed E-state index contributed by atoms with van der Waals surface area (Å²) >= 11 is 12.2. The summed E-state index contributed by atoms with van der Waals surface area (Å²) < 4.78 is 0. The van der Waals surface area contributed by atoms with E-state index in [4.69, 9.17) is 23.2 Å². The number of nitrogens with zero attached hydrogens (tertiary/aromatic N) is 1. The number of rotatable bonds is 3. The van der Waals surface area contributed by atoms with Crippen LogP contribution in [-0.4, -0.2) is 29.2 Å². The number of halogens is 2. The molecule has 0 aromatic heterocycles. The van der Waals surface area contributed by atoms with E-state index >= 15 is 0 Å². The summed E-state index contributed by atoms with van der Waals surface area (Å²) in [6, 6.07) is 5.73. The largest absolute Gasteiger partial charge is 0.393 e. The summed E-state index contributed by atoms with van der Waals surface area (Å²) in [5, 5.41) is 10.8. The fraction of sp³-hybridized carbons (Fsp3) is 0.538. The van der Waals surface area contributed by atoms with Crippen LogP contribution in [0.1, 0.15) is 18.9 Å². The second-order valence-corrected chi connectivity index (χ2v) is 5.52. The van der Waals surface area contributed by atoms with E-state index in [1.165, 1.54) is 0 Å². The van der Waals surface area contributed by atoms with E-state index < -0.39 is 0 Å². The first-order valence-corrected chi connectivity index (χ1v) is 6.67. The molecule has 0 amide bonds. The van der Waals surface area contributed by atoms with Crippen molar-refractivity contribution in [2.75, 3.05) is 13.1 Å². The average molecular weight is 274 g/mol. The van der Waals surface area contributed by atoms with Crippen LogP contribution in [0.4, 0.5) is 0 Å².